The number of carbonyl (C=O) groups is 1. The number of anilines is 1. The Labute approximate surface area is 100 Å². The highest BCUT2D eigenvalue weighted by atomic mass is 16.6. The summed E-state index contributed by atoms with van der Waals surface area (Å²) >= 11 is 0. The highest BCUT2D eigenvalue weighted by molar-refractivity contribution is 5.85. The molecule has 0 fully saturated rings. The summed E-state index contributed by atoms with van der Waals surface area (Å²) in [6.45, 7) is 7.06. The second-order valence-corrected chi connectivity index (χ2v) is 4.65. The van der Waals surface area contributed by atoms with Crippen LogP contribution in [0.1, 0.15) is 32.3 Å². The summed E-state index contributed by atoms with van der Waals surface area (Å²) in [6.07, 6.45) is -0.600. The molecule has 1 rings (SSSR count). The van der Waals surface area contributed by atoms with Gasteiger partial charge in [-0.1, -0.05) is 0 Å². The largest absolute Gasteiger partial charge is 0.444 e. The maximum atomic E-state index is 11.6. The third-order valence-corrected chi connectivity index (χ3v) is 2.04. The molecular weight excluding hydrogens is 220 g/mol. The fourth-order valence-electron chi connectivity index (χ4n) is 1.23. The number of ether oxygens (including phenoxy) is 1. The molecule has 0 atom stereocenters. The molecule has 6 nitrogen and oxygen atoms in total. The van der Waals surface area contributed by atoms with Crippen LogP contribution in [0.25, 0.3) is 0 Å². The van der Waals surface area contributed by atoms with Gasteiger partial charge in [0, 0.05) is 7.05 Å². The van der Waals surface area contributed by atoms with Crippen molar-refractivity contribution in [1.82, 2.24) is 9.55 Å². The Bertz CT molecular complexity index is 477. The lowest BCUT2D eigenvalue weighted by atomic mass is 10.2. The molecule has 0 saturated heterocycles. The van der Waals surface area contributed by atoms with Crippen LogP contribution in [-0.4, -0.2) is 21.2 Å². The van der Waals surface area contributed by atoms with Gasteiger partial charge in [0.15, 0.2) is 11.5 Å². The first-order valence-electron chi connectivity index (χ1n) is 5.18. The van der Waals surface area contributed by atoms with Gasteiger partial charge in [0.25, 0.3) is 0 Å². The van der Waals surface area contributed by atoms with Crippen LogP contribution in [-0.2, 0) is 11.8 Å². The molecule has 0 bridgehead atoms. The van der Waals surface area contributed by atoms with Crippen molar-refractivity contribution in [3.63, 3.8) is 0 Å². The van der Waals surface area contributed by atoms with Crippen molar-refractivity contribution in [2.45, 2.75) is 33.3 Å². The lowest BCUT2D eigenvalue weighted by Crippen LogP contribution is -2.28. The van der Waals surface area contributed by atoms with Crippen LogP contribution in [0.3, 0.4) is 0 Å². The van der Waals surface area contributed by atoms with Gasteiger partial charge in [-0.15, -0.1) is 0 Å². The minimum absolute atomic E-state index is 0.177. The van der Waals surface area contributed by atoms with E-state index in [2.05, 4.69) is 10.3 Å². The molecule has 1 aromatic rings. The number of nitriles is 1. The molecule has 17 heavy (non-hydrogen) atoms. The number of hydrogen-bond donors (Lipinski definition) is 1. The number of aryl methyl sites for hydroxylation is 1. The third-order valence-electron chi connectivity index (χ3n) is 2.04. The molecule has 0 aliphatic rings. The fourth-order valence-corrected chi connectivity index (χ4v) is 1.23. The molecule has 6 heteroatoms. The van der Waals surface area contributed by atoms with Gasteiger partial charge in [-0.25, -0.2) is 9.78 Å². The zero-order valence-corrected chi connectivity index (χ0v) is 10.7. The zero-order valence-electron chi connectivity index (χ0n) is 10.7. The molecular formula is C11H16N4O2. The van der Waals surface area contributed by atoms with Crippen molar-refractivity contribution in [3.05, 3.63) is 11.5 Å². The van der Waals surface area contributed by atoms with Gasteiger partial charge in [-0.05, 0) is 27.7 Å². The van der Waals surface area contributed by atoms with E-state index in [0.29, 0.717) is 11.6 Å². The lowest BCUT2D eigenvalue weighted by Gasteiger charge is -2.19. The molecule has 0 aromatic carbocycles. The van der Waals surface area contributed by atoms with Crippen molar-refractivity contribution >= 4 is 11.9 Å². The van der Waals surface area contributed by atoms with Gasteiger partial charge < -0.3 is 9.30 Å². The number of carbonyl (C=O) groups excluding carboxylic acids is 1. The van der Waals surface area contributed by atoms with Gasteiger partial charge in [0.1, 0.15) is 17.5 Å². The predicted octanol–water partition coefficient (Wildman–Crippen LogP) is 1.95. The smallest absolute Gasteiger partial charge is 0.413 e. The zero-order chi connectivity index (χ0) is 13.2. The van der Waals surface area contributed by atoms with Crippen LogP contribution in [0.15, 0.2) is 0 Å². The number of nitrogens with zero attached hydrogens (tertiary/aromatic N) is 3. The van der Waals surface area contributed by atoms with Crippen LogP contribution in [0.4, 0.5) is 10.6 Å². The molecule has 92 valence electrons. The van der Waals surface area contributed by atoms with E-state index in [1.807, 2.05) is 6.07 Å². The lowest BCUT2D eigenvalue weighted by molar-refractivity contribution is 0.0634. The SMILES string of the molecule is Cc1nc(C#N)c(NC(=O)OC(C)(C)C)n1C. The minimum atomic E-state index is -0.600. The summed E-state index contributed by atoms with van der Waals surface area (Å²) < 4.78 is 6.73. The van der Waals surface area contributed by atoms with Crippen molar-refractivity contribution in [2.24, 2.45) is 7.05 Å². The monoisotopic (exact) mass is 236 g/mol. The molecule has 1 amide bonds. The van der Waals surface area contributed by atoms with Crippen molar-refractivity contribution < 1.29 is 9.53 Å². The van der Waals surface area contributed by atoms with Crippen LogP contribution >= 0.6 is 0 Å². The number of amides is 1. The fraction of sp³-hybridized carbons (Fsp3) is 0.545. The standard InChI is InChI=1S/C11H16N4O2/c1-7-13-8(6-12)9(15(7)5)14-10(16)17-11(2,3)4/h1-5H3,(H,14,16). The Hall–Kier alpha value is -2.03. The second-order valence-electron chi connectivity index (χ2n) is 4.65. The summed E-state index contributed by atoms with van der Waals surface area (Å²) in [5.74, 6) is 0.992. The van der Waals surface area contributed by atoms with E-state index in [0.717, 1.165) is 0 Å². The molecule has 0 unspecified atom stereocenters. The normalized spacial score (nSPS) is 10.8. The molecule has 0 aliphatic heterocycles. The summed E-state index contributed by atoms with van der Waals surface area (Å²) in [5, 5.41) is 11.4. The number of hydrogen-bond acceptors (Lipinski definition) is 4. The van der Waals surface area contributed by atoms with E-state index in [-0.39, 0.29) is 5.69 Å². The average Bonchev–Trinajstić information content (AvgIpc) is 2.42. The third kappa shape index (κ3) is 3.21. The van der Waals surface area contributed by atoms with E-state index >= 15 is 0 Å². The first-order chi connectivity index (χ1) is 7.74. The maximum absolute atomic E-state index is 11.6. The summed E-state index contributed by atoms with van der Waals surface area (Å²) in [4.78, 5) is 15.6. The number of imidazole rings is 1. The highest BCUT2D eigenvalue weighted by Gasteiger charge is 2.20. The molecule has 0 spiro atoms. The van der Waals surface area contributed by atoms with Gasteiger partial charge in [-0.3, -0.25) is 5.32 Å². The maximum Gasteiger partial charge on any atom is 0.413 e. The van der Waals surface area contributed by atoms with E-state index in [9.17, 15) is 4.79 Å². The van der Waals surface area contributed by atoms with Gasteiger partial charge in [-0.2, -0.15) is 5.26 Å². The van der Waals surface area contributed by atoms with Crippen LogP contribution in [0.5, 0.6) is 0 Å². The Balaban J connectivity index is 2.89. The van der Waals surface area contributed by atoms with E-state index in [4.69, 9.17) is 10.00 Å². The van der Waals surface area contributed by atoms with Crippen molar-refractivity contribution in [2.75, 3.05) is 5.32 Å². The first kappa shape index (κ1) is 13.0. The van der Waals surface area contributed by atoms with Gasteiger partial charge >= 0.3 is 6.09 Å². The summed E-state index contributed by atoms with van der Waals surface area (Å²) in [5.41, 5.74) is -0.402. The van der Waals surface area contributed by atoms with Crippen LogP contribution < -0.4 is 5.32 Å². The molecule has 0 radical (unpaired) electrons. The molecule has 0 aliphatic carbocycles. The highest BCUT2D eigenvalue weighted by Crippen LogP contribution is 2.16. The number of rotatable bonds is 1. The number of aromatic nitrogens is 2. The minimum Gasteiger partial charge on any atom is -0.444 e. The quantitative estimate of drug-likeness (QED) is 0.808. The molecule has 1 heterocycles. The molecule has 1 N–H and O–H groups in total. The van der Waals surface area contributed by atoms with E-state index < -0.39 is 11.7 Å². The Morgan fingerprint density at radius 3 is 2.59 bits per heavy atom. The van der Waals surface area contributed by atoms with E-state index in [1.54, 1.807) is 39.3 Å². The topological polar surface area (TPSA) is 79.9 Å². The van der Waals surface area contributed by atoms with Crippen LogP contribution in [0.2, 0.25) is 0 Å². The van der Waals surface area contributed by atoms with Gasteiger partial charge in [0.05, 0.1) is 0 Å². The predicted molar refractivity (Wildman–Crippen MR) is 62.5 cm³/mol. The summed E-state index contributed by atoms with van der Waals surface area (Å²) in [7, 11) is 1.72. The van der Waals surface area contributed by atoms with Crippen molar-refractivity contribution in [3.8, 4) is 6.07 Å². The van der Waals surface area contributed by atoms with Crippen molar-refractivity contribution in [1.29, 1.82) is 5.26 Å². The number of nitrogens with one attached hydrogen (secondary N) is 1. The first-order valence-corrected chi connectivity index (χ1v) is 5.18. The average molecular weight is 236 g/mol. The summed E-state index contributed by atoms with van der Waals surface area (Å²) in [6, 6.07) is 1.92. The Morgan fingerprint density at radius 1 is 1.53 bits per heavy atom. The van der Waals surface area contributed by atoms with Gasteiger partial charge in [0.2, 0.25) is 0 Å². The molecule has 0 saturated carbocycles. The Kier molecular flexibility index (Phi) is 3.42. The van der Waals surface area contributed by atoms with E-state index in [1.165, 1.54) is 0 Å². The molecule has 1 aromatic heterocycles. The second kappa shape index (κ2) is 4.45. The Morgan fingerprint density at radius 2 is 2.12 bits per heavy atom. The van der Waals surface area contributed by atoms with Crippen LogP contribution in [0, 0.1) is 18.3 Å².